The lowest BCUT2D eigenvalue weighted by Gasteiger charge is -2.32. The molecule has 0 bridgehead atoms. The monoisotopic (exact) mass is 378 g/mol. The first-order chi connectivity index (χ1) is 13.3. The van der Waals surface area contributed by atoms with Crippen molar-refractivity contribution >= 4 is 5.91 Å². The van der Waals surface area contributed by atoms with Crippen molar-refractivity contribution in [3.63, 3.8) is 0 Å². The molecule has 1 amide bonds. The Morgan fingerprint density at radius 3 is 2.32 bits per heavy atom. The molecule has 1 aliphatic rings. The van der Waals surface area contributed by atoms with Crippen molar-refractivity contribution in [2.75, 3.05) is 13.1 Å². The first kappa shape index (κ1) is 20.6. The third-order valence-electron chi connectivity index (χ3n) is 6.32. The highest BCUT2D eigenvalue weighted by atomic mass is 16.1. The molecule has 1 saturated heterocycles. The van der Waals surface area contributed by atoms with Crippen molar-refractivity contribution < 1.29 is 4.79 Å². The molecule has 3 rings (SSSR count). The van der Waals surface area contributed by atoms with Gasteiger partial charge >= 0.3 is 0 Å². The molecule has 1 atom stereocenters. The third kappa shape index (κ3) is 4.82. The van der Waals surface area contributed by atoms with Gasteiger partial charge in [-0.2, -0.15) is 0 Å². The summed E-state index contributed by atoms with van der Waals surface area (Å²) in [6.07, 6.45) is 1.88. The SMILES string of the molecule is Cc1cc(C)c(C(C)NC(=O)C2CCN(Cc3ccccc3C)CC2)cc1C. The summed E-state index contributed by atoms with van der Waals surface area (Å²) in [6, 6.07) is 13.1. The molecule has 1 fully saturated rings. The van der Waals surface area contributed by atoms with E-state index in [1.807, 2.05) is 0 Å². The van der Waals surface area contributed by atoms with Gasteiger partial charge in [-0.05, 0) is 93.9 Å². The van der Waals surface area contributed by atoms with Gasteiger partial charge in [-0.1, -0.05) is 36.4 Å². The molecule has 3 nitrogen and oxygen atoms in total. The van der Waals surface area contributed by atoms with Crippen LogP contribution in [-0.2, 0) is 11.3 Å². The van der Waals surface area contributed by atoms with Gasteiger partial charge in [0.1, 0.15) is 0 Å². The van der Waals surface area contributed by atoms with Gasteiger partial charge in [0, 0.05) is 12.5 Å². The minimum Gasteiger partial charge on any atom is -0.349 e. The third-order valence-corrected chi connectivity index (χ3v) is 6.32. The van der Waals surface area contributed by atoms with Gasteiger partial charge in [0.15, 0.2) is 0 Å². The van der Waals surface area contributed by atoms with Crippen LogP contribution >= 0.6 is 0 Å². The van der Waals surface area contributed by atoms with Crippen LogP contribution in [0.1, 0.15) is 59.2 Å². The molecule has 0 spiro atoms. The lowest BCUT2D eigenvalue weighted by Crippen LogP contribution is -2.41. The lowest BCUT2D eigenvalue weighted by atomic mass is 9.93. The molecule has 0 saturated carbocycles. The maximum absolute atomic E-state index is 12.8. The standard InChI is InChI=1S/C25H34N2O/c1-17-8-6-7-9-23(17)16-27-12-10-22(11-13-27)25(28)26-21(5)24-15-19(3)18(2)14-20(24)4/h6-9,14-15,21-22H,10-13,16H2,1-5H3,(H,26,28). The van der Waals surface area contributed by atoms with E-state index in [1.54, 1.807) is 0 Å². The number of aryl methyl sites for hydroxylation is 4. The number of hydrogen-bond acceptors (Lipinski definition) is 2. The molecule has 0 radical (unpaired) electrons. The Labute approximate surface area is 170 Å². The second-order valence-electron chi connectivity index (χ2n) is 8.50. The van der Waals surface area contributed by atoms with E-state index in [2.05, 4.69) is 81.2 Å². The Balaban J connectivity index is 1.54. The fraction of sp³-hybridized carbons (Fsp3) is 0.480. The first-order valence-corrected chi connectivity index (χ1v) is 10.5. The summed E-state index contributed by atoms with van der Waals surface area (Å²) >= 11 is 0. The smallest absolute Gasteiger partial charge is 0.223 e. The van der Waals surface area contributed by atoms with Crippen LogP contribution in [0.5, 0.6) is 0 Å². The summed E-state index contributed by atoms with van der Waals surface area (Å²) in [5.41, 5.74) is 7.81. The average molecular weight is 379 g/mol. The van der Waals surface area contributed by atoms with Gasteiger partial charge in [0.2, 0.25) is 5.91 Å². The molecular formula is C25H34N2O. The van der Waals surface area contributed by atoms with Crippen molar-refractivity contribution in [1.82, 2.24) is 10.2 Å². The number of nitrogens with one attached hydrogen (secondary N) is 1. The Bertz CT molecular complexity index is 834. The normalized spacial score (nSPS) is 16.8. The summed E-state index contributed by atoms with van der Waals surface area (Å²) < 4.78 is 0. The molecule has 0 aliphatic carbocycles. The van der Waals surface area contributed by atoms with Crippen LogP contribution in [0.15, 0.2) is 36.4 Å². The van der Waals surface area contributed by atoms with Crippen molar-refractivity contribution in [1.29, 1.82) is 0 Å². The minimum atomic E-state index is 0.0526. The van der Waals surface area contributed by atoms with E-state index < -0.39 is 0 Å². The summed E-state index contributed by atoms with van der Waals surface area (Å²) in [6.45, 7) is 13.6. The molecule has 2 aromatic carbocycles. The summed E-state index contributed by atoms with van der Waals surface area (Å²) in [5.74, 6) is 0.336. The topological polar surface area (TPSA) is 32.3 Å². The maximum Gasteiger partial charge on any atom is 0.223 e. The number of nitrogens with zero attached hydrogens (tertiary/aromatic N) is 1. The number of benzene rings is 2. The zero-order chi connectivity index (χ0) is 20.3. The van der Waals surface area contributed by atoms with Crippen molar-refractivity contribution in [3.8, 4) is 0 Å². The van der Waals surface area contributed by atoms with Gasteiger partial charge in [-0.15, -0.1) is 0 Å². The summed E-state index contributed by atoms with van der Waals surface area (Å²) in [4.78, 5) is 15.3. The van der Waals surface area contributed by atoms with Gasteiger partial charge in [0.25, 0.3) is 0 Å². The molecule has 1 N–H and O–H groups in total. The van der Waals surface area contributed by atoms with Crippen LogP contribution in [0.4, 0.5) is 0 Å². The van der Waals surface area contributed by atoms with Gasteiger partial charge < -0.3 is 5.32 Å². The number of carbonyl (C=O) groups excluding carboxylic acids is 1. The van der Waals surface area contributed by atoms with Crippen LogP contribution < -0.4 is 5.32 Å². The fourth-order valence-corrected chi connectivity index (χ4v) is 4.24. The highest BCUT2D eigenvalue weighted by molar-refractivity contribution is 5.79. The van der Waals surface area contributed by atoms with E-state index in [-0.39, 0.29) is 17.9 Å². The number of amides is 1. The van der Waals surface area contributed by atoms with E-state index in [1.165, 1.54) is 33.4 Å². The number of rotatable bonds is 5. The van der Waals surface area contributed by atoms with E-state index >= 15 is 0 Å². The van der Waals surface area contributed by atoms with Gasteiger partial charge in [0.05, 0.1) is 6.04 Å². The second kappa shape index (κ2) is 8.91. The summed E-state index contributed by atoms with van der Waals surface area (Å²) in [7, 11) is 0. The molecule has 1 heterocycles. The van der Waals surface area contributed by atoms with Crippen LogP contribution in [0, 0.1) is 33.6 Å². The zero-order valence-corrected chi connectivity index (χ0v) is 18.0. The van der Waals surface area contributed by atoms with Gasteiger partial charge in [-0.25, -0.2) is 0 Å². The predicted octanol–water partition coefficient (Wildman–Crippen LogP) is 5.01. The van der Waals surface area contributed by atoms with Crippen molar-refractivity contribution in [3.05, 3.63) is 69.8 Å². The fourth-order valence-electron chi connectivity index (χ4n) is 4.24. The lowest BCUT2D eigenvalue weighted by molar-refractivity contribution is -0.127. The molecule has 1 aliphatic heterocycles. The van der Waals surface area contributed by atoms with Crippen LogP contribution in [-0.4, -0.2) is 23.9 Å². The molecule has 2 aromatic rings. The minimum absolute atomic E-state index is 0.0526. The van der Waals surface area contributed by atoms with E-state index in [0.29, 0.717) is 0 Å². The van der Waals surface area contributed by atoms with E-state index in [0.717, 1.165) is 32.5 Å². The molecule has 28 heavy (non-hydrogen) atoms. The average Bonchev–Trinajstić information content (AvgIpc) is 2.67. The predicted molar refractivity (Wildman–Crippen MR) is 116 cm³/mol. The molecule has 0 aromatic heterocycles. The molecule has 1 unspecified atom stereocenters. The Kier molecular flexibility index (Phi) is 6.56. The van der Waals surface area contributed by atoms with E-state index in [4.69, 9.17) is 0 Å². The molecule has 150 valence electrons. The Morgan fingerprint density at radius 2 is 1.64 bits per heavy atom. The zero-order valence-electron chi connectivity index (χ0n) is 18.0. The maximum atomic E-state index is 12.8. The molecule has 3 heteroatoms. The highest BCUT2D eigenvalue weighted by Gasteiger charge is 2.26. The first-order valence-electron chi connectivity index (χ1n) is 10.5. The second-order valence-corrected chi connectivity index (χ2v) is 8.50. The molecular weight excluding hydrogens is 344 g/mol. The highest BCUT2D eigenvalue weighted by Crippen LogP contribution is 2.24. The number of piperidine rings is 1. The van der Waals surface area contributed by atoms with Crippen LogP contribution in [0.2, 0.25) is 0 Å². The van der Waals surface area contributed by atoms with Crippen molar-refractivity contribution in [2.45, 2.75) is 60.0 Å². The number of carbonyl (C=O) groups is 1. The van der Waals surface area contributed by atoms with Crippen molar-refractivity contribution in [2.24, 2.45) is 5.92 Å². The largest absolute Gasteiger partial charge is 0.349 e. The summed E-state index contributed by atoms with van der Waals surface area (Å²) in [5, 5.41) is 3.27. The number of likely N-dealkylation sites (tertiary alicyclic amines) is 1. The van der Waals surface area contributed by atoms with Crippen LogP contribution in [0.25, 0.3) is 0 Å². The van der Waals surface area contributed by atoms with Gasteiger partial charge in [-0.3, -0.25) is 9.69 Å². The Hall–Kier alpha value is -2.13. The quantitative estimate of drug-likeness (QED) is 0.793. The van der Waals surface area contributed by atoms with Crippen LogP contribution in [0.3, 0.4) is 0 Å². The number of hydrogen-bond donors (Lipinski definition) is 1. The Morgan fingerprint density at radius 1 is 1.00 bits per heavy atom. The van der Waals surface area contributed by atoms with E-state index in [9.17, 15) is 4.79 Å².